The van der Waals surface area contributed by atoms with Gasteiger partial charge in [-0.15, -0.1) is 11.3 Å². The molecule has 160 valence electrons. The summed E-state index contributed by atoms with van der Waals surface area (Å²) in [5.41, 5.74) is 4.62. The van der Waals surface area contributed by atoms with Crippen molar-refractivity contribution < 1.29 is 9.90 Å². The Kier molecular flexibility index (Phi) is 5.19. The van der Waals surface area contributed by atoms with Crippen molar-refractivity contribution in [2.75, 3.05) is 18.9 Å². The van der Waals surface area contributed by atoms with Crippen LogP contribution in [0.1, 0.15) is 34.9 Å². The first-order valence-electron chi connectivity index (χ1n) is 10.6. The number of aryl methyl sites for hydroxylation is 1. The van der Waals surface area contributed by atoms with Gasteiger partial charge in [-0.1, -0.05) is 6.07 Å². The first-order valence-corrected chi connectivity index (χ1v) is 11.4. The van der Waals surface area contributed by atoms with Crippen molar-refractivity contribution in [2.45, 2.75) is 38.8 Å². The number of thiophene rings is 1. The molecule has 2 aliphatic rings. The number of aromatic nitrogens is 2. The van der Waals surface area contributed by atoms with E-state index in [2.05, 4.69) is 38.5 Å². The van der Waals surface area contributed by atoms with E-state index in [0.717, 1.165) is 46.7 Å². The molecule has 0 radical (unpaired) electrons. The summed E-state index contributed by atoms with van der Waals surface area (Å²) in [6.45, 7) is 2.81. The molecule has 1 aliphatic carbocycles. The van der Waals surface area contributed by atoms with E-state index in [1.807, 2.05) is 6.21 Å². The van der Waals surface area contributed by atoms with Gasteiger partial charge in [-0.2, -0.15) is 0 Å². The number of carbonyl (C=O) groups is 1. The Morgan fingerprint density at radius 1 is 1.39 bits per heavy atom. The van der Waals surface area contributed by atoms with E-state index in [1.165, 1.54) is 16.0 Å². The van der Waals surface area contributed by atoms with Crippen LogP contribution in [0, 0.1) is 5.92 Å². The molecule has 2 aromatic heterocycles. The van der Waals surface area contributed by atoms with Crippen LogP contribution in [0.3, 0.4) is 0 Å². The fourth-order valence-corrected chi connectivity index (χ4v) is 5.80. The van der Waals surface area contributed by atoms with Crippen molar-refractivity contribution in [1.82, 2.24) is 14.9 Å². The van der Waals surface area contributed by atoms with E-state index >= 15 is 0 Å². The third-order valence-corrected chi connectivity index (χ3v) is 7.17. The number of fused-ring (bicyclic) bond motifs is 4. The number of benzene rings is 1. The summed E-state index contributed by atoms with van der Waals surface area (Å²) in [5, 5.41) is 14.2. The van der Waals surface area contributed by atoms with E-state index in [9.17, 15) is 9.90 Å². The zero-order chi connectivity index (χ0) is 21.5. The van der Waals surface area contributed by atoms with Crippen LogP contribution in [-0.4, -0.2) is 51.8 Å². The van der Waals surface area contributed by atoms with Gasteiger partial charge >= 0.3 is 0 Å². The zero-order valence-electron chi connectivity index (χ0n) is 17.6. The lowest BCUT2D eigenvalue weighted by molar-refractivity contribution is -0.135. The summed E-state index contributed by atoms with van der Waals surface area (Å²) < 4.78 is 0. The lowest BCUT2D eigenvalue weighted by Crippen LogP contribution is -2.39. The number of aliphatic hydroxyl groups is 1. The van der Waals surface area contributed by atoms with Crippen LogP contribution in [0.25, 0.3) is 10.2 Å². The molecule has 0 saturated carbocycles. The molecule has 0 fully saturated rings. The second kappa shape index (κ2) is 8.01. The summed E-state index contributed by atoms with van der Waals surface area (Å²) >= 11 is 1.66. The van der Waals surface area contributed by atoms with Crippen LogP contribution < -0.4 is 5.32 Å². The van der Waals surface area contributed by atoms with Gasteiger partial charge in [-0.25, -0.2) is 9.97 Å². The number of hydrogen-bond donors (Lipinski definition) is 2. The highest BCUT2D eigenvalue weighted by Gasteiger charge is 2.31. The number of hydrogen-bond acceptors (Lipinski definition) is 7. The van der Waals surface area contributed by atoms with E-state index in [-0.39, 0.29) is 11.8 Å². The second-order valence-electron chi connectivity index (χ2n) is 8.42. The summed E-state index contributed by atoms with van der Waals surface area (Å²) in [4.78, 5) is 30.0. The van der Waals surface area contributed by atoms with Crippen LogP contribution in [-0.2, 0) is 24.2 Å². The second-order valence-corrected chi connectivity index (χ2v) is 9.51. The maximum atomic E-state index is 12.8. The predicted octanol–water partition coefficient (Wildman–Crippen LogP) is 3.31. The molecule has 3 aromatic rings. The topological polar surface area (TPSA) is 90.7 Å². The molecule has 5 rings (SSSR count). The van der Waals surface area contributed by atoms with Crippen molar-refractivity contribution in [1.29, 1.82) is 0 Å². The highest BCUT2D eigenvalue weighted by atomic mass is 32.1. The van der Waals surface area contributed by atoms with Crippen molar-refractivity contribution >= 4 is 45.2 Å². The average molecular weight is 436 g/mol. The standard InChI is InChI=1S/C23H25N5O2S/c1-13(29)11-28(2)23(30)14-4-6-18-19(8-14)31-22-20(18)21(25-12-26-22)27-17-5-3-15-9-24-10-16(15)7-17/h3,5,7,10,12-14,29H,4,6,8-9,11H2,1-2H3,(H,25,26,27). The Bertz CT molecular complexity index is 1190. The molecule has 0 saturated heterocycles. The number of nitrogens with one attached hydrogen (secondary N) is 1. The van der Waals surface area contributed by atoms with E-state index < -0.39 is 6.10 Å². The van der Waals surface area contributed by atoms with Gasteiger partial charge in [0.1, 0.15) is 17.0 Å². The van der Waals surface area contributed by atoms with Crippen LogP contribution in [0.2, 0.25) is 0 Å². The maximum absolute atomic E-state index is 12.8. The highest BCUT2D eigenvalue weighted by molar-refractivity contribution is 7.19. The molecular weight excluding hydrogens is 410 g/mol. The predicted molar refractivity (Wildman–Crippen MR) is 123 cm³/mol. The zero-order valence-corrected chi connectivity index (χ0v) is 18.4. The van der Waals surface area contributed by atoms with Crippen LogP contribution >= 0.6 is 11.3 Å². The van der Waals surface area contributed by atoms with Crippen LogP contribution in [0.15, 0.2) is 29.5 Å². The van der Waals surface area contributed by atoms with E-state index in [1.54, 1.807) is 36.5 Å². The van der Waals surface area contributed by atoms with Gasteiger partial charge in [-0.3, -0.25) is 9.79 Å². The molecule has 1 aromatic carbocycles. The SMILES string of the molecule is CC(O)CN(C)C(=O)C1CCc2c(sc3ncnc(Nc4ccc5c(c4)C=NC5)c23)C1. The van der Waals surface area contributed by atoms with Crippen molar-refractivity contribution in [3.63, 3.8) is 0 Å². The third kappa shape index (κ3) is 3.81. The maximum Gasteiger partial charge on any atom is 0.225 e. The summed E-state index contributed by atoms with van der Waals surface area (Å²) in [6, 6.07) is 6.27. The molecule has 8 heteroatoms. The Hall–Kier alpha value is -2.84. The van der Waals surface area contributed by atoms with Gasteiger partial charge in [0.2, 0.25) is 5.91 Å². The number of carbonyl (C=O) groups excluding carboxylic acids is 1. The molecule has 7 nitrogen and oxygen atoms in total. The first kappa shape index (κ1) is 20.1. The summed E-state index contributed by atoms with van der Waals surface area (Å²) in [5.74, 6) is 0.867. The number of amides is 1. The molecule has 2 N–H and O–H groups in total. The molecule has 1 amide bonds. The number of anilines is 2. The largest absolute Gasteiger partial charge is 0.392 e. The summed E-state index contributed by atoms with van der Waals surface area (Å²) in [7, 11) is 1.77. The number of nitrogens with zero attached hydrogens (tertiary/aromatic N) is 4. The Morgan fingerprint density at radius 3 is 3.10 bits per heavy atom. The molecule has 31 heavy (non-hydrogen) atoms. The van der Waals surface area contributed by atoms with Gasteiger partial charge in [0, 0.05) is 36.3 Å². The molecule has 0 bridgehead atoms. The highest BCUT2D eigenvalue weighted by Crippen LogP contribution is 2.40. The smallest absolute Gasteiger partial charge is 0.225 e. The van der Waals surface area contributed by atoms with Crippen molar-refractivity contribution in [3.8, 4) is 0 Å². The Balaban J connectivity index is 1.42. The molecule has 0 spiro atoms. The third-order valence-electron chi connectivity index (χ3n) is 6.01. The fraction of sp³-hybridized carbons (Fsp3) is 0.391. The first-order chi connectivity index (χ1) is 15.0. The lowest BCUT2D eigenvalue weighted by atomic mass is 9.87. The van der Waals surface area contributed by atoms with E-state index in [0.29, 0.717) is 13.0 Å². The number of likely N-dealkylation sites (N-methyl/N-ethyl adjacent to an activating group) is 1. The molecule has 1 aliphatic heterocycles. The number of aliphatic imine (C=N–C) groups is 1. The number of rotatable bonds is 5. The summed E-state index contributed by atoms with van der Waals surface area (Å²) in [6.07, 6.45) is 5.33. The quantitative estimate of drug-likeness (QED) is 0.642. The Labute approximate surface area is 184 Å². The van der Waals surface area contributed by atoms with Crippen LogP contribution in [0.5, 0.6) is 0 Å². The van der Waals surface area contributed by atoms with Crippen LogP contribution in [0.4, 0.5) is 11.5 Å². The van der Waals surface area contributed by atoms with Gasteiger partial charge in [0.15, 0.2) is 0 Å². The van der Waals surface area contributed by atoms with Gasteiger partial charge in [0.25, 0.3) is 0 Å². The van der Waals surface area contributed by atoms with Crippen molar-refractivity contribution in [3.05, 3.63) is 46.1 Å². The van der Waals surface area contributed by atoms with Gasteiger partial charge in [0.05, 0.1) is 18.0 Å². The molecular formula is C23H25N5O2S. The monoisotopic (exact) mass is 435 g/mol. The van der Waals surface area contributed by atoms with E-state index in [4.69, 9.17) is 0 Å². The Morgan fingerprint density at radius 2 is 2.26 bits per heavy atom. The van der Waals surface area contributed by atoms with Crippen molar-refractivity contribution in [2.24, 2.45) is 10.9 Å². The number of aliphatic hydroxyl groups excluding tert-OH is 1. The van der Waals surface area contributed by atoms with Gasteiger partial charge < -0.3 is 15.3 Å². The molecule has 2 atom stereocenters. The molecule has 3 heterocycles. The normalized spacial score (nSPS) is 18.0. The average Bonchev–Trinajstić information content (AvgIpc) is 3.36. The lowest BCUT2D eigenvalue weighted by Gasteiger charge is -2.27. The molecule has 2 unspecified atom stereocenters. The fourth-order valence-electron chi connectivity index (χ4n) is 4.53. The van der Waals surface area contributed by atoms with Gasteiger partial charge in [-0.05, 0) is 55.0 Å². The minimum absolute atomic E-state index is 0.0512. The minimum atomic E-state index is -0.521. The minimum Gasteiger partial charge on any atom is -0.392 e.